The van der Waals surface area contributed by atoms with E-state index >= 15 is 0 Å². The third-order valence-corrected chi connectivity index (χ3v) is 12.2. The molecule has 3 saturated carbocycles. The molecule has 0 aromatic carbocycles. The maximum absolute atomic E-state index is 13.3. The van der Waals surface area contributed by atoms with Gasteiger partial charge in [0, 0.05) is 22.9 Å². The minimum atomic E-state index is -0.595. The van der Waals surface area contributed by atoms with Gasteiger partial charge in [-0.25, -0.2) is 4.79 Å². The summed E-state index contributed by atoms with van der Waals surface area (Å²) in [6, 6.07) is 0. The molecule has 0 heterocycles. The lowest BCUT2D eigenvalue weighted by Gasteiger charge is -2.70. The molecule has 206 valence electrons. The number of alkyl carbamates (subject to hydrolysis) is 1. The highest BCUT2D eigenvalue weighted by Crippen LogP contribution is 2.75. The van der Waals surface area contributed by atoms with Crippen molar-refractivity contribution >= 4 is 17.7 Å². The topological polar surface area (TPSA) is 72.5 Å². The Labute approximate surface area is 228 Å². The molecule has 0 unspecified atom stereocenters. The van der Waals surface area contributed by atoms with E-state index in [4.69, 9.17) is 4.74 Å². The van der Waals surface area contributed by atoms with Crippen LogP contribution in [0.5, 0.6) is 0 Å². The van der Waals surface area contributed by atoms with E-state index in [2.05, 4.69) is 52.1 Å². The largest absolute Gasteiger partial charge is 0.412 e. The number of hydrogen-bond donors (Lipinski definition) is 1. The van der Waals surface area contributed by atoms with Crippen molar-refractivity contribution in [3.05, 3.63) is 46.3 Å². The van der Waals surface area contributed by atoms with Gasteiger partial charge in [0.25, 0.3) is 0 Å². The predicted molar refractivity (Wildman–Crippen MR) is 149 cm³/mol. The molecule has 5 heteroatoms. The molecule has 5 aliphatic rings. The second-order valence-corrected chi connectivity index (χ2v) is 14.1. The van der Waals surface area contributed by atoms with Crippen LogP contribution in [0.4, 0.5) is 4.79 Å². The van der Waals surface area contributed by atoms with Crippen LogP contribution in [0.25, 0.3) is 0 Å². The maximum atomic E-state index is 13.3. The predicted octanol–water partition coefficient (Wildman–Crippen LogP) is 7.39. The highest BCUT2D eigenvalue weighted by atomic mass is 16.6. The molecule has 5 aliphatic carbocycles. The monoisotopic (exact) mass is 519 g/mol. The molecule has 3 fully saturated rings. The summed E-state index contributed by atoms with van der Waals surface area (Å²) in [4.78, 5) is 38.2. The molecular formula is C33H45NO4. The Morgan fingerprint density at radius 1 is 1.00 bits per heavy atom. The van der Waals surface area contributed by atoms with Gasteiger partial charge in [-0.3, -0.25) is 9.59 Å². The zero-order chi connectivity index (χ0) is 27.9. The van der Waals surface area contributed by atoms with Crippen molar-refractivity contribution in [2.45, 2.75) is 100 Å². The SMILES string of the molecule is CCNC(=O)OC1=C(C)C2=CC=C3[C@@](C)(CC[C@@]4(C)[C@@H]5C[C@](C)(C(C)=O)CC[C@]5(C)CC[C@]34C)C2=CC1=O. The first-order chi connectivity index (χ1) is 17.7. The fourth-order valence-electron chi connectivity index (χ4n) is 9.17. The summed E-state index contributed by atoms with van der Waals surface area (Å²) in [6.45, 7) is 17.9. The van der Waals surface area contributed by atoms with Gasteiger partial charge in [0.15, 0.2) is 5.76 Å². The smallest absolute Gasteiger partial charge is 0.406 e. The second-order valence-electron chi connectivity index (χ2n) is 14.1. The molecule has 1 N–H and O–H groups in total. The quantitative estimate of drug-likeness (QED) is 0.422. The van der Waals surface area contributed by atoms with Crippen molar-refractivity contribution in [2.24, 2.45) is 33.0 Å². The van der Waals surface area contributed by atoms with Crippen molar-refractivity contribution in [1.82, 2.24) is 5.32 Å². The first-order valence-electron chi connectivity index (χ1n) is 14.5. The van der Waals surface area contributed by atoms with Crippen LogP contribution in [-0.2, 0) is 14.3 Å². The number of carbonyl (C=O) groups is 3. The Balaban J connectivity index is 1.58. The molecule has 0 bridgehead atoms. The molecule has 38 heavy (non-hydrogen) atoms. The second kappa shape index (κ2) is 8.53. The van der Waals surface area contributed by atoms with E-state index in [-0.39, 0.29) is 38.6 Å². The number of rotatable bonds is 3. The highest BCUT2D eigenvalue weighted by molar-refractivity contribution is 6.08. The first-order valence-corrected chi connectivity index (χ1v) is 14.5. The number of ketones is 2. The molecule has 0 radical (unpaired) electrons. The lowest BCUT2D eigenvalue weighted by molar-refractivity contribution is -0.167. The van der Waals surface area contributed by atoms with Crippen LogP contribution in [0, 0.1) is 33.0 Å². The van der Waals surface area contributed by atoms with Crippen molar-refractivity contribution in [3.8, 4) is 0 Å². The number of Topliss-reactive ketones (excluding diaryl/α,β-unsaturated/α-hetero) is 1. The van der Waals surface area contributed by atoms with Gasteiger partial charge >= 0.3 is 6.09 Å². The number of nitrogens with one attached hydrogen (secondary N) is 1. The van der Waals surface area contributed by atoms with E-state index in [0.29, 0.717) is 18.2 Å². The summed E-state index contributed by atoms with van der Waals surface area (Å²) >= 11 is 0. The maximum Gasteiger partial charge on any atom is 0.412 e. The zero-order valence-electron chi connectivity index (χ0n) is 24.6. The Morgan fingerprint density at radius 2 is 1.68 bits per heavy atom. The standard InChI is InChI=1S/C33H45NO4/c1-9-34-28(37)38-27-20(2)22-10-11-25-31(6,23(22)18-24(27)36)15-17-33(8)26-19-30(5,21(3)35)13-12-29(26,4)14-16-32(25,33)7/h10-11,18,26H,9,12-17,19H2,1-8H3,(H,34,37)/t26-,29-,30-,31+,32-,33+/m1/s1. The number of allylic oxidation sites excluding steroid dienone is 7. The van der Waals surface area contributed by atoms with E-state index in [1.54, 1.807) is 13.0 Å². The number of hydrogen-bond acceptors (Lipinski definition) is 4. The Morgan fingerprint density at radius 3 is 2.34 bits per heavy atom. The fourth-order valence-corrected chi connectivity index (χ4v) is 9.17. The van der Waals surface area contributed by atoms with Crippen molar-refractivity contribution in [2.75, 3.05) is 6.54 Å². The van der Waals surface area contributed by atoms with Crippen molar-refractivity contribution in [1.29, 1.82) is 0 Å². The van der Waals surface area contributed by atoms with E-state index in [9.17, 15) is 14.4 Å². The molecule has 0 aromatic rings. The van der Waals surface area contributed by atoms with Gasteiger partial charge in [-0.2, -0.15) is 0 Å². The van der Waals surface area contributed by atoms with Crippen LogP contribution in [0.2, 0.25) is 0 Å². The molecule has 0 aliphatic heterocycles. The fraction of sp³-hybridized carbons (Fsp3) is 0.667. The molecule has 1 amide bonds. The van der Waals surface area contributed by atoms with Crippen LogP contribution in [0.3, 0.4) is 0 Å². The van der Waals surface area contributed by atoms with Crippen molar-refractivity contribution < 1.29 is 19.1 Å². The van der Waals surface area contributed by atoms with Gasteiger partial charge in [-0.1, -0.05) is 52.3 Å². The summed E-state index contributed by atoms with van der Waals surface area (Å²) in [5, 5.41) is 2.62. The summed E-state index contributed by atoms with van der Waals surface area (Å²) < 4.78 is 5.45. The third kappa shape index (κ3) is 3.52. The number of amides is 1. The van der Waals surface area contributed by atoms with Crippen LogP contribution in [0.1, 0.15) is 100 Å². The van der Waals surface area contributed by atoms with Crippen LogP contribution in [0.15, 0.2) is 46.3 Å². The molecule has 6 atom stereocenters. The first kappa shape index (κ1) is 27.1. The lowest BCUT2D eigenvalue weighted by Crippen LogP contribution is -2.62. The summed E-state index contributed by atoms with van der Waals surface area (Å²) in [6.07, 6.45) is 13.0. The summed E-state index contributed by atoms with van der Waals surface area (Å²) in [7, 11) is 0. The Hall–Kier alpha value is -2.43. The van der Waals surface area contributed by atoms with Gasteiger partial charge in [-0.15, -0.1) is 0 Å². The van der Waals surface area contributed by atoms with Gasteiger partial charge in [-0.05, 0) is 105 Å². The highest BCUT2D eigenvalue weighted by Gasteiger charge is 2.67. The average Bonchev–Trinajstić information content (AvgIpc) is 2.85. The summed E-state index contributed by atoms with van der Waals surface area (Å²) in [5.74, 6) is 0.701. The minimum Gasteiger partial charge on any atom is -0.406 e. The molecule has 0 saturated heterocycles. The number of ether oxygens (including phenoxy) is 1. The molecular weight excluding hydrogens is 474 g/mol. The van der Waals surface area contributed by atoms with Crippen molar-refractivity contribution in [3.63, 3.8) is 0 Å². The molecule has 0 spiro atoms. The van der Waals surface area contributed by atoms with E-state index < -0.39 is 6.09 Å². The molecule has 5 rings (SSSR count). The van der Waals surface area contributed by atoms with Crippen LogP contribution in [-0.4, -0.2) is 24.2 Å². The third-order valence-electron chi connectivity index (χ3n) is 12.2. The normalized spacial score (nSPS) is 41.9. The Kier molecular flexibility index (Phi) is 6.10. The van der Waals surface area contributed by atoms with Gasteiger partial charge in [0.2, 0.25) is 5.78 Å². The van der Waals surface area contributed by atoms with Crippen LogP contribution >= 0.6 is 0 Å². The zero-order valence-corrected chi connectivity index (χ0v) is 24.6. The Bertz CT molecular complexity index is 1250. The van der Waals surface area contributed by atoms with E-state index in [0.717, 1.165) is 55.2 Å². The van der Waals surface area contributed by atoms with Crippen LogP contribution < -0.4 is 5.32 Å². The summed E-state index contributed by atoms with van der Waals surface area (Å²) in [5.41, 5.74) is 4.05. The van der Waals surface area contributed by atoms with Gasteiger partial charge < -0.3 is 10.1 Å². The van der Waals surface area contributed by atoms with Gasteiger partial charge in [0.1, 0.15) is 5.78 Å². The number of carbonyl (C=O) groups excluding carboxylic acids is 3. The van der Waals surface area contributed by atoms with Gasteiger partial charge in [0.05, 0.1) is 0 Å². The number of fused-ring (bicyclic) bond motifs is 7. The average molecular weight is 520 g/mol. The molecule has 5 nitrogen and oxygen atoms in total. The minimum absolute atomic E-state index is 0.0272. The lowest BCUT2D eigenvalue weighted by atomic mass is 9.34. The van der Waals surface area contributed by atoms with E-state index in [1.165, 1.54) is 12.0 Å². The van der Waals surface area contributed by atoms with E-state index in [1.807, 2.05) is 13.8 Å². The molecule has 0 aromatic heterocycles.